The van der Waals surface area contributed by atoms with Gasteiger partial charge in [0.2, 0.25) is 0 Å². The lowest BCUT2D eigenvalue weighted by Gasteiger charge is -2.09. The highest BCUT2D eigenvalue weighted by Gasteiger charge is 2.23. The molecule has 18 heavy (non-hydrogen) atoms. The maximum absolute atomic E-state index is 11.2. The number of rotatable bonds is 2. The molecule has 0 radical (unpaired) electrons. The minimum atomic E-state index is -0.978. The molecule has 2 aromatic rings. The number of fused-ring (bicyclic) bond motifs is 1. The molecule has 5 nitrogen and oxygen atoms in total. The van der Waals surface area contributed by atoms with Gasteiger partial charge in [-0.25, -0.2) is 4.79 Å². The Morgan fingerprint density at radius 2 is 2.33 bits per heavy atom. The first-order valence-electron chi connectivity index (χ1n) is 5.69. The number of para-hydroxylation sites is 1. The smallest absolute Gasteiger partial charge is 0.339 e. The Morgan fingerprint density at radius 3 is 3.11 bits per heavy atom. The molecule has 0 atom stereocenters. The van der Waals surface area contributed by atoms with Gasteiger partial charge in [0.1, 0.15) is 11.3 Å². The van der Waals surface area contributed by atoms with E-state index >= 15 is 0 Å². The van der Waals surface area contributed by atoms with Gasteiger partial charge in [-0.3, -0.25) is 4.68 Å². The SMILES string of the molecule is Cn1ncc(C(=O)O)c1-c1cccc2c1OCC2. The van der Waals surface area contributed by atoms with Crippen molar-refractivity contribution in [2.45, 2.75) is 6.42 Å². The van der Waals surface area contributed by atoms with Crippen molar-refractivity contribution < 1.29 is 14.6 Å². The number of benzene rings is 1. The molecule has 0 bridgehead atoms. The van der Waals surface area contributed by atoms with Crippen LogP contribution in [0.2, 0.25) is 0 Å². The topological polar surface area (TPSA) is 64.4 Å². The molecule has 0 amide bonds. The van der Waals surface area contributed by atoms with E-state index in [1.807, 2.05) is 18.2 Å². The van der Waals surface area contributed by atoms with E-state index in [1.54, 1.807) is 11.7 Å². The lowest BCUT2D eigenvalue weighted by atomic mass is 10.0. The molecule has 1 N–H and O–H groups in total. The van der Waals surface area contributed by atoms with Gasteiger partial charge in [0.05, 0.1) is 18.5 Å². The van der Waals surface area contributed by atoms with Crippen molar-refractivity contribution in [2.24, 2.45) is 7.05 Å². The van der Waals surface area contributed by atoms with Crippen LogP contribution in [0.1, 0.15) is 15.9 Å². The minimum Gasteiger partial charge on any atom is -0.492 e. The third kappa shape index (κ3) is 1.48. The fraction of sp³-hybridized carbons (Fsp3) is 0.231. The summed E-state index contributed by atoms with van der Waals surface area (Å²) in [5.74, 6) is -0.197. The zero-order chi connectivity index (χ0) is 12.7. The van der Waals surface area contributed by atoms with Crippen LogP contribution >= 0.6 is 0 Å². The van der Waals surface area contributed by atoms with Crippen LogP contribution in [-0.4, -0.2) is 27.5 Å². The molecule has 0 spiro atoms. The van der Waals surface area contributed by atoms with E-state index in [0.717, 1.165) is 23.3 Å². The third-order valence-corrected chi connectivity index (χ3v) is 3.14. The van der Waals surface area contributed by atoms with E-state index < -0.39 is 5.97 Å². The van der Waals surface area contributed by atoms with E-state index in [0.29, 0.717) is 12.3 Å². The Labute approximate surface area is 104 Å². The summed E-state index contributed by atoms with van der Waals surface area (Å²) in [6.45, 7) is 0.645. The number of carbonyl (C=O) groups is 1. The van der Waals surface area contributed by atoms with Gasteiger partial charge in [-0.1, -0.05) is 12.1 Å². The predicted octanol–water partition coefficient (Wildman–Crippen LogP) is 1.72. The number of aryl methyl sites for hydroxylation is 1. The molecular formula is C13H12N2O3. The van der Waals surface area contributed by atoms with Gasteiger partial charge < -0.3 is 9.84 Å². The molecule has 1 aromatic heterocycles. The van der Waals surface area contributed by atoms with Gasteiger partial charge in [-0.05, 0) is 11.6 Å². The van der Waals surface area contributed by atoms with Gasteiger partial charge in [-0.15, -0.1) is 0 Å². The van der Waals surface area contributed by atoms with Crippen molar-refractivity contribution in [3.63, 3.8) is 0 Å². The summed E-state index contributed by atoms with van der Waals surface area (Å²) < 4.78 is 7.18. The van der Waals surface area contributed by atoms with E-state index in [9.17, 15) is 9.90 Å². The van der Waals surface area contributed by atoms with Crippen LogP contribution in [-0.2, 0) is 13.5 Å². The molecule has 0 saturated heterocycles. The van der Waals surface area contributed by atoms with Crippen molar-refractivity contribution in [2.75, 3.05) is 6.61 Å². The molecular weight excluding hydrogens is 232 g/mol. The Morgan fingerprint density at radius 1 is 1.50 bits per heavy atom. The largest absolute Gasteiger partial charge is 0.492 e. The molecule has 0 fully saturated rings. The first kappa shape index (κ1) is 10.8. The lowest BCUT2D eigenvalue weighted by Crippen LogP contribution is -2.01. The Bertz CT molecular complexity index is 631. The number of hydrogen-bond donors (Lipinski definition) is 1. The quantitative estimate of drug-likeness (QED) is 0.873. The van der Waals surface area contributed by atoms with E-state index in [-0.39, 0.29) is 5.56 Å². The van der Waals surface area contributed by atoms with Crippen molar-refractivity contribution in [3.8, 4) is 17.0 Å². The van der Waals surface area contributed by atoms with Crippen molar-refractivity contribution in [1.29, 1.82) is 0 Å². The van der Waals surface area contributed by atoms with Gasteiger partial charge in [0, 0.05) is 19.0 Å². The number of aromatic nitrogens is 2. The summed E-state index contributed by atoms with van der Waals surface area (Å²) in [4.78, 5) is 11.2. The second-order valence-electron chi connectivity index (χ2n) is 4.23. The molecule has 92 valence electrons. The van der Waals surface area contributed by atoms with E-state index in [1.165, 1.54) is 6.20 Å². The number of aromatic carboxylic acids is 1. The number of carboxylic acids is 1. The highest BCUT2D eigenvalue weighted by atomic mass is 16.5. The zero-order valence-electron chi connectivity index (χ0n) is 9.88. The normalized spacial score (nSPS) is 13.2. The van der Waals surface area contributed by atoms with Crippen LogP contribution < -0.4 is 4.74 Å². The Balaban J connectivity index is 2.25. The van der Waals surface area contributed by atoms with Crippen LogP contribution in [0.15, 0.2) is 24.4 Å². The highest BCUT2D eigenvalue weighted by Crippen LogP contribution is 2.37. The van der Waals surface area contributed by atoms with Crippen molar-refractivity contribution in [1.82, 2.24) is 9.78 Å². The maximum Gasteiger partial charge on any atom is 0.339 e. The molecule has 5 heteroatoms. The minimum absolute atomic E-state index is 0.196. The standard InChI is InChI=1S/C13H12N2O3/c1-15-11(10(7-14-15)13(16)17)9-4-2-3-8-5-6-18-12(8)9/h2-4,7H,5-6H2,1H3,(H,16,17). The van der Waals surface area contributed by atoms with Gasteiger partial charge >= 0.3 is 5.97 Å². The van der Waals surface area contributed by atoms with E-state index in [2.05, 4.69) is 5.10 Å². The van der Waals surface area contributed by atoms with Crippen LogP contribution in [0, 0.1) is 0 Å². The summed E-state index contributed by atoms with van der Waals surface area (Å²) in [7, 11) is 1.73. The monoisotopic (exact) mass is 244 g/mol. The molecule has 1 aliphatic rings. The van der Waals surface area contributed by atoms with Crippen molar-refractivity contribution >= 4 is 5.97 Å². The summed E-state index contributed by atoms with van der Waals surface area (Å²) in [5, 5.41) is 13.2. The molecule has 1 aromatic carbocycles. The Hall–Kier alpha value is -2.30. The second-order valence-corrected chi connectivity index (χ2v) is 4.23. The number of ether oxygens (including phenoxy) is 1. The Kier molecular flexibility index (Phi) is 2.33. The average Bonchev–Trinajstić information content (AvgIpc) is 2.94. The molecule has 1 aliphatic heterocycles. The van der Waals surface area contributed by atoms with Crippen LogP contribution in [0.3, 0.4) is 0 Å². The third-order valence-electron chi connectivity index (χ3n) is 3.14. The second kappa shape index (κ2) is 3.87. The summed E-state index contributed by atoms with van der Waals surface area (Å²) >= 11 is 0. The average molecular weight is 244 g/mol. The summed E-state index contributed by atoms with van der Waals surface area (Å²) in [6, 6.07) is 5.79. The van der Waals surface area contributed by atoms with Crippen LogP contribution in [0.25, 0.3) is 11.3 Å². The maximum atomic E-state index is 11.2. The summed E-state index contributed by atoms with van der Waals surface area (Å²) in [6.07, 6.45) is 2.23. The fourth-order valence-electron chi connectivity index (χ4n) is 2.32. The van der Waals surface area contributed by atoms with Crippen LogP contribution in [0.5, 0.6) is 5.75 Å². The van der Waals surface area contributed by atoms with Crippen molar-refractivity contribution in [3.05, 3.63) is 35.5 Å². The van der Waals surface area contributed by atoms with E-state index in [4.69, 9.17) is 4.74 Å². The molecule has 0 aliphatic carbocycles. The summed E-state index contributed by atoms with van der Waals surface area (Å²) in [5.41, 5.74) is 2.69. The van der Waals surface area contributed by atoms with Gasteiger partial charge in [0.15, 0.2) is 0 Å². The molecule has 3 rings (SSSR count). The zero-order valence-corrected chi connectivity index (χ0v) is 9.88. The van der Waals surface area contributed by atoms with Crippen LogP contribution in [0.4, 0.5) is 0 Å². The molecule has 0 unspecified atom stereocenters. The highest BCUT2D eigenvalue weighted by molar-refractivity contribution is 5.95. The number of nitrogens with zero attached hydrogens (tertiary/aromatic N) is 2. The first-order chi connectivity index (χ1) is 8.68. The fourth-order valence-corrected chi connectivity index (χ4v) is 2.32. The number of carboxylic acid groups (broad SMARTS) is 1. The van der Waals surface area contributed by atoms with Gasteiger partial charge in [-0.2, -0.15) is 5.10 Å². The lowest BCUT2D eigenvalue weighted by molar-refractivity contribution is 0.0697. The number of hydrogen-bond acceptors (Lipinski definition) is 3. The first-order valence-corrected chi connectivity index (χ1v) is 5.69. The predicted molar refractivity (Wildman–Crippen MR) is 64.8 cm³/mol. The molecule has 2 heterocycles. The van der Waals surface area contributed by atoms with Gasteiger partial charge in [0.25, 0.3) is 0 Å². The molecule has 0 saturated carbocycles.